The molecule has 0 fully saturated rings. The van der Waals surface area contributed by atoms with E-state index in [0.29, 0.717) is 35.3 Å². The highest BCUT2D eigenvalue weighted by atomic mass is 16.5. The maximum Gasteiger partial charge on any atom is 0.168 e. The molecule has 124 valence electrons. The summed E-state index contributed by atoms with van der Waals surface area (Å²) in [6.45, 7) is 3.53. The van der Waals surface area contributed by atoms with Crippen molar-refractivity contribution in [2.24, 2.45) is 0 Å². The van der Waals surface area contributed by atoms with Crippen LogP contribution >= 0.6 is 0 Å². The number of nitrogens with zero attached hydrogens (tertiary/aromatic N) is 1. The first kappa shape index (κ1) is 16.2. The minimum atomic E-state index is -0.921. The summed E-state index contributed by atoms with van der Waals surface area (Å²) in [4.78, 5) is 22.9. The summed E-state index contributed by atoms with van der Waals surface area (Å²) in [5.74, 6) is 0.374. The SMILES string of the molecule is CC1(C)Oc2ccc(C#N)cc2[C@H](NC2=C(C=O)C(=O)CC2)[C@H]1O. The number of nitrogens with one attached hydrogen (secondary N) is 1. The minimum Gasteiger partial charge on any atom is -0.485 e. The first-order valence-electron chi connectivity index (χ1n) is 7.76. The third-order valence-corrected chi connectivity index (χ3v) is 4.55. The fourth-order valence-corrected chi connectivity index (χ4v) is 3.18. The van der Waals surface area contributed by atoms with Crippen LogP contribution in [0.4, 0.5) is 0 Å². The third kappa shape index (κ3) is 2.57. The Morgan fingerprint density at radius 3 is 2.83 bits per heavy atom. The van der Waals surface area contributed by atoms with E-state index in [1.165, 1.54) is 0 Å². The first-order valence-corrected chi connectivity index (χ1v) is 7.76. The van der Waals surface area contributed by atoms with Crippen molar-refractivity contribution in [3.8, 4) is 11.8 Å². The molecule has 6 nitrogen and oxygen atoms in total. The largest absolute Gasteiger partial charge is 0.485 e. The number of nitriles is 1. The lowest BCUT2D eigenvalue weighted by Crippen LogP contribution is -2.52. The standard InChI is InChI=1S/C18H18N2O4/c1-18(2)17(23)16(20-13-4-5-14(22)12(13)9-21)11-7-10(8-19)3-6-15(11)24-18/h3,6-7,9,16-17,20,23H,4-5H2,1-2H3/t16-,17+/m0/s1. The van der Waals surface area contributed by atoms with E-state index >= 15 is 0 Å². The monoisotopic (exact) mass is 326 g/mol. The molecule has 6 heteroatoms. The van der Waals surface area contributed by atoms with Gasteiger partial charge >= 0.3 is 0 Å². The van der Waals surface area contributed by atoms with E-state index in [4.69, 9.17) is 10.00 Å². The lowest BCUT2D eigenvalue weighted by atomic mass is 9.85. The Labute approximate surface area is 139 Å². The maximum absolute atomic E-state index is 11.8. The van der Waals surface area contributed by atoms with Gasteiger partial charge in [0.2, 0.25) is 0 Å². The average Bonchev–Trinajstić information content (AvgIpc) is 2.91. The zero-order valence-corrected chi connectivity index (χ0v) is 13.5. The molecule has 2 atom stereocenters. The van der Waals surface area contributed by atoms with Crippen LogP contribution in [0.1, 0.15) is 43.9 Å². The molecule has 24 heavy (non-hydrogen) atoms. The molecule has 2 N–H and O–H groups in total. The molecule has 0 spiro atoms. The molecule has 0 saturated heterocycles. The topological polar surface area (TPSA) is 99.4 Å². The summed E-state index contributed by atoms with van der Waals surface area (Å²) in [5, 5.41) is 23.0. The summed E-state index contributed by atoms with van der Waals surface area (Å²) < 4.78 is 5.85. The molecule has 2 aliphatic rings. The molecule has 1 aromatic rings. The van der Waals surface area contributed by atoms with Gasteiger partial charge in [0.25, 0.3) is 0 Å². The van der Waals surface area contributed by atoms with Gasteiger partial charge < -0.3 is 15.2 Å². The number of hydrogen-bond donors (Lipinski definition) is 2. The number of rotatable bonds is 3. The second-order valence-corrected chi connectivity index (χ2v) is 6.57. The molecule has 1 heterocycles. The van der Waals surface area contributed by atoms with Crippen LogP contribution in [0.3, 0.4) is 0 Å². The minimum absolute atomic E-state index is 0.129. The van der Waals surface area contributed by atoms with Gasteiger partial charge in [-0.2, -0.15) is 5.26 Å². The molecular formula is C18H18N2O4. The van der Waals surface area contributed by atoms with Gasteiger partial charge in [-0.05, 0) is 38.5 Å². The first-order chi connectivity index (χ1) is 11.4. The third-order valence-electron chi connectivity index (χ3n) is 4.55. The van der Waals surface area contributed by atoms with Crippen molar-refractivity contribution in [2.75, 3.05) is 0 Å². The van der Waals surface area contributed by atoms with Crippen LogP contribution in [-0.4, -0.2) is 28.9 Å². The highest BCUT2D eigenvalue weighted by Gasteiger charge is 2.43. The Balaban J connectivity index is 2.06. The molecule has 0 radical (unpaired) electrons. The number of ether oxygens (including phenoxy) is 1. The summed E-state index contributed by atoms with van der Waals surface area (Å²) in [7, 11) is 0. The number of allylic oxidation sites excluding steroid dienone is 2. The van der Waals surface area contributed by atoms with Crippen LogP contribution in [0, 0.1) is 11.3 Å². The van der Waals surface area contributed by atoms with E-state index in [9.17, 15) is 14.7 Å². The number of aliphatic hydroxyl groups is 1. The normalized spacial score (nSPS) is 24.8. The Morgan fingerprint density at radius 1 is 1.42 bits per heavy atom. The maximum atomic E-state index is 11.8. The van der Waals surface area contributed by atoms with E-state index in [2.05, 4.69) is 11.4 Å². The van der Waals surface area contributed by atoms with Gasteiger partial charge in [-0.1, -0.05) is 0 Å². The van der Waals surface area contributed by atoms with Gasteiger partial charge in [-0.3, -0.25) is 9.59 Å². The number of carbonyl (C=O) groups excluding carboxylic acids is 2. The Kier molecular flexibility index (Phi) is 3.90. The van der Waals surface area contributed by atoms with Gasteiger partial charge in [-0.15, -0.1) is 0 Å². The zero-order chi connectivity index (χ0) is 17.5. The molecule has 3 rings (SSSR count). The van der Waals surface area contributed by atoms with Crippen LogP contribution in [-0.2, 0) is 9.59 Å². The van der Waals surface area contributed by atoms with Crippen molar-refractivity contribution in [2.45, 2.75) is 44.4 Å². The van der Waals surface area contributed by atoms with E-state index in [0.717, 1.165) is 0 Å². The molecule has 0 bridgehead atoms. The number of benzene rings is 1. The van der Waals surface area contributed by atoms with Crippen LogP contribution in [0.5, 0.6) is 5.75 Å². The Hall–Kier alpha value is -2.65. The van der Waals surface area contributed by atoms with Gasteiger partial charge in [0, 0.05) is 17.7 Å². The van der Waals surface area contributed by atoms with Gasteiger partial charge in [0.15, 0.2) is 12.1 Å². The lowest BCUT2D eigenvalue weighted by molar-refractivity contribution is -0.116. The molecule has 0 unspecified atom stereocenters. The Morgan fingerprint density at radius 2 is 2.17 bits per heavy atom. The van der Waals surface area contributed by atoms with E-state index in [1.54, 1.807) is 32.0 Å². The van der Waals surface area contributed by atoms with E-state index < -0.39 is 17.7 Å². The Bertz CT molecular complexity index is 789. The molecule has 1 aliphatic carbocycles. The number of aliphatic hydroxyl groups excluding tert-OH is 1. The summed E-state index contributed by atoms with van der Waals surface area (Å²) in [5.41, 5.74) is 0.888. The zero-order valence-electron chi connectivity index (χ0n) is 13.5. The van der Waals surface area contributed by atoms with Crippen molar-refractivity contribution < 1.29 is 19.4 Å². The molecule has 0 amide bonds. The second kappa shape index (κ2) is 5.77. The summed E-state index contributed by atoms with van der Waals surface area (Å²) >= 11 is 0. The van der Waals surface area contributed by atoms with Crippen molar-refractivity contribution >= 4 is 12.1 Å². The van der Waals surface area contributed by atoms with E-state index in [-0.39, 0.29) is 17.8 Å². The predicted molar refractivity (Wildman–Crippen MR) is 85.1 cm³/mol. The molecule has 0 aromatic heterocycles. The van der Waals surface area contributed by atoms with Crippen molar-refractivity contribution in [3.63, 3.8) is 0 Å². The summed E-state index contributed by atoms with van der Waals surface area (Å²) in [6, 6.07) is 6.50. The van der Waals surface area contributed by atoms with Crippen LogP contribution < -0.4 is 10.1 Å². The number of Topliss-reactive ketones (excluding diaryl/α,β-unsaturated/α-hetero) is 1. The van der Waals surface area contributed by atoms with Crippen LogP contribution in [0.25, 0.3) is 0 Å². The molecular weight excluding hydrogens is 308 g/mol. The average molecular weight is 326 g/mol. The number of carbonyl (C=O) groups is 2. The number of ketones is 1. The second-order valence-electron chi connectivity index (χ2n) is 6.57. The van der Waals surface area contributed by atoms with Crippen molar-refractivity contribution in [1.29, 1.82) is 5.26 Å². The van der Waals surface area contributed by atoms with Gasteiger partial charge in [0.05, 0.1) is 23.2 Å². The van der Waals surface area contributed by atoms with Crippen LogP contribution in [0.2, 0.25) is 0 Å². The highest BCUT2D eigenvalue weighted by Crippen LogP contribution is 2.41. The van der Waals surface area contributed by atoms with Gasteiger partial charge in [0.1, 0.15) is 17.5 Å². The smallest absolute Gasteiger partial charge is 0.168 e. The van der Waals surface area contributed by atoms with Crippen molar-refractivity contribution in [3.05, 3.63) is 40.6 Å². The number of aldehydes is 1. The quantitative estimate of drug-likeness (QED) is 0.645. The number of hydrogen-bond acceptors (Lipinski definition) is 6. The van der Waals surface area contributed by atoms with Gasteiger partial charge in [-0.25, -0.2) is 0 Å². The van der Waals surface area contributed by atoms with E-state index in [1.807, 2.05) is 0 Å². The number of fused-ring (bicyclic) bond motifs is 1. The van der Waals surface area contributed by atoms with Crippen LogP contribution in [0.15, 0.2) is 29.5 Å². The molecule has 0 saturated carbocycles. The summed E-state index contributed by atoms with van der Waals surface area (Å²) in [6.07, 6.45) is 0.353. The molecule has 1 aliphatic heterocycles. The lowest BCUT2D eigenvalue weighted by Gasteiger charge is -2.43. The predicted octanol–water partition coefficient (Wildman–Crippen LogP) is 1.54. The fourth-order valence-electron chi connectivity index (χ4n) is 3.18. The fraction of sp³-hybridized carbons (Fsp3) is 0.389. The molecule has 1 aromatic carbocycles. The highest BCUT2D eigenvalue weighted by molar-refractivity contribution is 6.14. The van der Waals surface area contributed by atoms with Crippen molar-refractivity contribution in [1.82, 2.24) is 5.32 Å².